The summed E-state index contributed by atoms with van der Waals surface area (Å²) in [5.74, 6) is 0.205. The maximum atomic E-state index is 10.7. The van der Waals surface area contributed by atoms with Crippen LogP contribution in [0.2, 0.25) is 0 Å². The van der Waals surface area contributed by atoms with Gasteiger partial charge in [0.15, 0.2) is 0 Å². The zero-order valence-electron chi connectivity index (χ0n) is 7.69. The van der Waals surface area contributed by atoms with Crippen molar-refractivity contribution in [2.24, 2.45) is 0 Å². The molecule has 1 aromatic rings. The van der Waals surface area contributed by atoms with Crippen LogP contribution in [0, 0.1) is 0 Å². The topological polar surface area (TPSA) is 64.3 Å². The van der Waals surface area contributed by atoms with E-state index in [1.54, 1.807) is 0 Å². The maximum absolute atomic E-state index is 10.7. The fourth-order valence-corrected chi connectivity index (χ4v) is 1.52. The second-order valence-corrected chi connectivity index (χ2v) is 3.35. The van der Waals surface area contributed by atoms with E-state index in [9.17, 15) is 4.79 Å². The van der Waals surface area contributed by atoms with Gasteiger partial charge in [0.1, 0.15) is 6.61 Å². The normalized spacial score (nSPS) is 21.1. The first kappa shape index (κ1) is 8.87. The van der Waals surface area contributed by atoms with Crippen LogP contribution in [0.3, 0.4) is 0 Å². The molecule has 1 fully saturated rings. The number of amides is 1. The van der Waals surface area contributed by atoms with Crippen molar-refractivity contribution in [2.75, 3.05) is 18.9 Å². The molecule has 0 saturated carbocycles. The number of rotatable bonds is 1. The molecule has 1 aliphatic heterocycles. The molecule has 0 aliphatic carbocycles. The summed E-state index contributed by atoms with van der Waals surface area (Å²) >= 11 is 0. The molecule has 74 valence electrons. The van der Waals surface area contributed by atoms with Crippen LogP contribution < -0.4 is 11.1 Å². The number of benzene rings is 1. The monoisotopic (exact) mass is 192 g/mol. The van der Waals surface area contributed by atoms with Crippen LogP contribution in [0.25, 0.3) is 0 Å². The van der Waals surface area contributed by atoms with Crippen LogP contribution in [-0.4, -0.2) is 19.2 Å². The molecular formula is C10H12N2O2. The second kappa shape index (κ2) is 3.57. The van der Waals surface area contributed by atoms with E-state index in [4.69, 9.17) is 10.5 Å². The zero-order valence-corrected chi connectivity index (χ0v) is 7.69. The number of carbonyl (C=O) groups excluding carboxylic acids is 1. The molecule has 1 aromatic carbocycles. The van der Waals surface area contributed by atoms with E-state index in [1.807, 2.05) is 24.3 Å². The highest BCUT2D eigenvalue weighted by Crippen LogP contribution is 2.19. The van der Waals surface area contributed by atoms with Crippen LogP contribution in [0.15, 0.2) is 24.3 Å². The van der Waals surface area contributed by atoms with Crippen LogP contribution >= 0.6 is 0 Å². The van der Waals surface area contributed by atoms with Gasteiger partial charge in [0.25, 0.3) is 0 Å². The Morgan fingerprint density at radius 3 is 3.00 bits per heavy atom. The molecular weight excluding hydrogens is 180 g/mol. The molecule has 0 aromatic heterocycles. The van der Waals surface area contributed by atoms with E-state index in [-0.39, 0.29) is 12.0 Å². The molecule has 1 aliphatic rings. The van der Waals surface area contributed by atoms with Crippen molar-refractivity contribution in [1.82, 2.24) is 5.32 Å². The molecule has 1 saturated heterocycles. The lowest BCUT2D eigenvalue weighted by atomic mass is 9.99. The molecule has 1 unspecified atom stereocenters. The Kier molecular flexibility index (Phi) is 2.26. The van der Waals surface area contributed by atoms with Crippen LogP contribution in [0.1, 0.15) is 11.5 Å². The highest BCUT2D eigenvalue weighted by atomic mass is 16.6. The summed E-state index contributed by atoms with van der Waals surface area (Å²) in [6.45, 7) is 1.04. The summed E-state index contributed by atoms with van der Waals surface area (Å²) in [4.78, 5) is 10.7. The average Bonchev–Trinajstić information content (AvgIpc) is 2.19. The van der Waals surface area contributed by atoms with Crippen molar-refractivity contribution in [1.29, 1.82) is 0 Å². The summed E-state index contributed by atoms with van der Waals surface area (Å²) in [7, 11) is 0. The highest BCUT2D eigenvalue weighted by Gasteiger charge is 2.20. The Bertz CT molecular complexity index is 342. The average molecular weight is 192 g/mol. The number of alkyl carbamates (subject to hydrolysis) is 1. The molecule has 0 bridgehead atoms. The van der Waals surface area contributed by atoms with Gasteiger partial charge in [0.05, 0.1) is 0 Å². The fourth-order valence-electron chi connectivity index (χ4n) is 1.52. The van der Waals surface area contributed by atoms with Gasteiger partial charge in [-0.05, 0) is 17.7 Å². The van der Waals surface area contributed by atoms with E-state index < -0.39 is 0 Å². The van der Waals surface area contributed by atoms with Crippen LogP contribution in [-0.2, 0) is 4.74 Å². The Morgan fingerprint density at radius 1 is 1.50 bits per heavy atom. The summed E-state index contributed by atoms with van der Waals surface area (Å²) in [6, 6.07) is 7.64. The van der Waals surface area contributed by atoms with E-state index >= 15 is 0 Å². The van der Waals surface area contributed by atoms with Gasteiger partial charge in [-0.2, -0.15) is 0 Å². The third kappa shape index (κ3) is 1.79. The first-order valence-corrected chi connectivity index (χ1v) is 4.52. The van der Waals surface area contributed by atoms with Gasteiger partial charge in [0, 0.05) is 18.2 Å². The first-order valence-electron chi connectivity index (χ1n) is 4.52. The number of carbonyl (C=O) groups is 1. The first-order chi connectivity index (χ1) is 6.75. The molecule has 3 N–H and O–H groups in total. The molecule has 1 atom stereocenters. The molecule has 2 rings (SSSR count). The number of nitrogens with one attached hydrogen (secondary N) is 1. The Labute approximate surface area is 82.1 Å². The number of nitrogen functional groups attached to an aromatic ring is 1. The molecule has 4 nitrogen and oxygen atoms in total. The predicted octanol–water partition coefficient (Wildman–Crippen LogP) is 1.09. The molecule has 14 heavy (non-hydrogen) atoms. The summed E-state index contributed by atoms with van der Waals surface area (Å²) in [6.07, 6.45) is -0.342. The molecule has 4 heteroatoms. The van der Waals surface area contributed by atoms with E-state index in [0.717, 1.165) is 11.3 Å². The molecule has 1 amide bonds. The lowest BCUT2D eigenvalue weighted by Gasteiger charge is -2.23. The maximum Gasteiger partial charge on any atom is 0.407 e. The van der Waals surface area contributed by atoms with Gasteiger partial charge in [-0.15, -0.1) is 0 Å². The number of hydrogen-bond donors (Lipinski definition) is 2. The number of hydrogen-bond acceptors (Lipinski definition) is 3. The number of cyclic esters (lactones) is 1. The van der Waals surface area contributed by atoms with Gasteiger partial charge >= 0.3 is 6.09 Å². The third-order valence-corrected chi connectivity index (χ3v) is 2.29. The lowest BCUT2D eigenvalue weighted by molar-refractivity contribution is 0.120. The summed E-state index contributed by atoms with van der Waals surface area (Å²) < 4.78 is 4.89. The van der Waals surface area contributed by atoms with Crippen molar-refractivity contribution >= 4 is 11.8 Å². The van der Waals surface area contributed by atoms with Crippen molar-refractivity contribution in [3.63, 3.8) is 0 Å². The minimum atomic E-state index is -0.342. The van der Waals surface area contributed by atoms with Crippen molar-refractivity contribution in [2.45, 2.75) is 5.92 Å². The lowest BCUT2D eigenvalue weighted by Crippen LogP contribution is -2.37. The summed E-state index contributed by atoms with van der Waals surface area (Å²) in [5.41, 5.74) is 7.50. The van der Waals surface area contributed by atoms with Gasteiger partial charge in [-0.3, -0.25) is 0 Å². The second-order valence-electron chi connectivity index (χ2n) is 3.35. The minimum absolute atomic E-state index is 0.205. The van der Waals surface area contributed by atoms with E-state index in [2.05, 4.69) is 5.32 Å². The molecule has 0 radical (unpaired) electrons. The highest BCUT2D eigenvalue weighted by molar-refractivity contribution is 5.68. The van der Waals surface area contributed by atoms with Crippen molar-refractivity contribution in [3.8, 4) is 0 Å². The quantitative estimate of drug-likeness (QED) is 0.655. The van der Waals surface area contributed by atoms with E-state index in [1.165, 1.54) is 0 Å². The van der Waals surface area contributed by atoms with Crippen LogP contribution in [0.5, 0.6) is 0 Å². The van der Waals surface area contributed by atoms with Gasteiger partial charge in [-0.1, -0.05) is 12.1 Å². The minimum Gasteiger partial charge on any atom is -0.449 e. The number of nitrogens with two attached hydrogens (primary N) is 1. The standard InChI is InChI=1S/C10H12N2O2/c11-9-3-1-2-7(4-9)8-5-12-10(13)14-6-8/h1-4,8H,5-6,11H2,(H,12,13). The fraction of sp³-hybridized carbons (Fsp3) is 0.300. The Morgan fingerprint density at radius 2 is 2.36 bits per heavy atom. The Hall–Kier alpha value is -1.71. The van der Waals surface area contributed by atoms with Gasteiger partial charge < -0.3 is 15.8 Å². The Balaban J connectivity index is 2.12. The SMILES string of the molecule is Nc1cccc(C2CNC(=O)OC2)c1. The van der Waals surface area contributed by atoms with Crippen molar-refractivity contribution in [3.05, 3.63) is 29.8 Å². The third-order valence-electron chi connectivity index (χ3n) is 2.29. The van der Waals surface area contributed by atoms with Crippen LogP contribution in [0.4, 0.5) is 10.5 Å². The molecule has 1 heterocycles. The van der Waals surface area contributed by atoms with Gasteiger partial charge in [0.2, 0.25) is 0 Å². The van der Waals surface area contributed by atoms with Crippen molar-refractivity contribution < 1.29 is 9.53 Å². The smallest absolute Gasteiger partial charge is 0.407 e. The zero-order chi connectivity index (χ0) is 9.97. The summed E-state index contributed by atoms with van der Waals surface area (Å²) in [5, 5.41) is 2.65. The molecule has 0 spiro atoms. The largest absolute Gasteiger partial charge is 0.449 e. The number of anilines is 1. The predicted molar refractivity (Wildman–Crippen MR) is 52.9 cm³/mol. The number of ether oxygens (including phenoxy) is 1. The van der Waals surface area contributed by atoms with E-state index in [0.29, 0.717) is 13.2 Å². The van der Waals surface area contributed by atoms with Gasteiger partial charge in [-0.25, -0.2) is 4.79 Å².